The van der Waals surface area contributed by atoms with Gasteiger partial charge in [-0.2, -0.15) is 0 Å². The average molecular weight is 226 g/mol. The lowest BCUT2D eigenvalue weighted by Crippen LogP contribution is -1.88. The van der Waals surface area contributed by atoms with E-state index in [0.29, 0.717) is 0 Å². The van der Waals surface area contributed by atoms with E-state index in [9.17, 15) is 0 Å². The predicted molar refractivity (Wildman–Crippen MR) is 53.3 cm³/mol. The molecular weight excluding hydrogens is 218 g/mol. The van der Waals surface area contributed by atoms with Crippen LogP contribution in [0.2, 0.25) is 0 Å². The van der Waals surface area contributed by atoms with Crippen molar-refractivity contribution in [3.05, 3.63) is 22.7 Å². The molecule has 3 nitrogen and oxygen atoms in total. The van der Waals surface area contributed by atoms with Gasteiger partial charge in [0.1, 0.15) is 0 Å². The summed E-state index contributed by atoms with van der Waals surface area (Å²) < 4.78 is 1.04. The van der Waals surface area contributed by atoms with E-state index >= 15 is 0 Å². The molecule has 2 aromatic rings. The van der Waals surface area contributed by atoms with Gasteiger partial charge in [0, 0.05) is 11.5 Å². The van der Waals surface area contributed by atoms with Crippen LogP contribution < -0.4 is 5.32 Å². The van der Waals surface area contributed by atoms with Crippen LogP contribution in [0.5, 0.6) is 0 Å². The Kier molecular flexibility index (Phi) is 1.77. The number of anilines is 1. The summed E-state index contributed by atoms with van der Waals surface area (Å²) in [6, 6.07) is 5.92. The third-order valence-corrected chi connectivity index (χ3v) is 2.36. The van der Waals surface area contributed by atoms with Gasteiger partial charge in [0.15, 0.2) is 0 Å². The van der Waals surface area contributed by atoms with Crippen molar-refractivity contribution >= 4 is 32.9 Å². The molecule has 4 heteroatoms. The largest absolute Gasteiger partial charge is 0.359 e. The highest BCUT2D eigenvalue weighted by molar-refractivity contribution is 9.10. The highest BCUT2D eigenvalue weighted by atomic mass is 79.9. The van der Waals surface area contributed by atoms with E-state index in [1.54, 1.807) is 0 Å². The molecule has 0 unspecified atom stereocenters. The Balaban J connectivity index is 2.74. The van der Waals surface area contributed by atoms with Crippen molar-refractivity contribution in [2.75, 3.05) is 12.4 Å². The van der Waals surface area contributed by atoms with E-state index in [4.69, 9.17) is 0 Å². The lowest BCUT2D eigenvalue weighted by Gasteiger charge is -1.89. The smallest absolute Gasteiger partial charge is 0.200 e. The molecule has 12 heavy (non-hydrogen) atoms. The molecule has 0 aliphatic rings. The Morgan fingerprint density at radius 1 is 1.50 bits per heavy atom. The lowest BCUT2D eigenvalue weighted by atomic mass is 10.3. The SMILES string of the molecule is CNc1nc2cccc(Br)c2[nH]1. The fourth-order valence-corrected chi connectivity index (χ4v) is 1.57. The maximum atomic E-state index is 4.30. The number of hydrogen-bond donors (Lipinski definition) is 2. The number of nitrogens with zero attached hydrogens (tertiary/aromatic N) is 1. The van der Waals surface area contributed by atoms with Crippen LogP contribution in [-0.4, -0.2) is 17.0 Å². The number of fused-ring (bicyclic) bond motifs is 1. The maximum Gasteiger partial charge on any atom is 0.200 e. The van der Waals surface area contributed by atoms with Crippen molar-refractivity contribution in [1.82, 2.24) is 9.97 Å². The Morgan fingerprint density at radius 2 is 2.33 bits per heavy atom. The van der Waals surface area contributed by atoms with E-state index in [1.807, 2.05) is 25.2 Å². The Labute approximate surface area is 78.3 Å². The molecule has 2 rings (SSSR count). The van der Waals surface area contributed by atoms with Crippen molar-refractivity contribution in [3.8, 4) is 0 Å². The first-order valence-corrected chi connectivity index (χ1v) is 4.42. The third-order valence-electron chi connectivity index (χ3n) is 1.70. The number of H-pyrrole nitrogens is 1. The fourth-order valence-electron chi connectivity index (χ4n) is 1.11. The van der Waals surface area contributed by atoms with Crippen LogP contribution in [0.25, 0.3) is 11.0 Å². The van der Waals surface area contributed by atoms with Gasteiger partial charge in [0.05, 0.1) is 11.0 Å². The number of rotatable bonds is 1. The zero-order valence-corrected chi connectivity index (χ0v) is 8.14. The highest BCUT2D eigenvalue weighted by Gasteiger charge is 2.02. The number of nitrogens with one attached hydrogen (secondary N) is 2. The Hall–Kier alpha value is -1.03. The first-order valence-electron chi connectivity index (χ1n) is 3.63. The van der Waals surface area contributed by atoms with Gasteiger partial charge in [-0.05, 0) is 28.1 Å². The normalized spacial score (nSPS) is 10.5. The van der Waals surface area contributed by atoms with Gasteiger partial charge in [0.2, 0.25) is 5.95 Å². The second-order valence-corrected chi connectivity index (χ2v) is 3.32. The van der Waals surface area contributed by atoms with Gasteiger partial charge in [-0.1, -0.05) is 6.07 Å². The van der Waals surface area contributed by atoms with Crippen LogP contribution in [0, 0.1) is 0 Å². The summed E-state index contributed by atoms with van der Waals surface area (Å²) in [6.07, 6.45) is 0. The summed E-state index contributed by atoms with van der Waals surface area (Å²) in [6.45, 7) is 0. The summed E-state index contributed by atoms with van der Waals surface area (Å²) in [5, 5.41) is 2.96. The van der Waals surface area contributed by atoms with Gasteiger partial charge in [0.25, 0.3) is 0 Å². The number of aromatic amines is 1. The molecule has 1 aromatic carbocycles. The van der Waals surface area contributed by atoms with Gasteiger partial charge in [-0.15, -0.1) is 0 Å². The third kappa shape index (κ3) is 1.08. The predicted octanol–water partition coefficient (Wildman–Crippen LogP) is 2.37. The van der Waals surface area contributed by atoms with Crippen molar-refractivity contribution < 1.29 is 0 Å². The highest BCUT2D eigenvalue weighted by Crippen LogP contribution is 2.22. The fraction of sp³-hybridized carbons (Fsp3) is 0.125. The number of benzene rings is 1. The van der Waals surface area contributed by atoms with Crippen LogP contribution in [0.4, 0.5) is 5.95 Å². The zero-order chi connectivity index (χ0) is 8.55. The topological polar surface area (TPSA) is 40.7 Å². The van der Waals surface area contributed by atoms with E-state index < -0.39 is 0 Å². The second-order valence-electron chi connectivity index (χ2n) is 2.47. The lowest BCUT2D eigenvalue weighted by molar-refractivity contribution is 1.28. The number of halogens is 1. The van der Waals surface area contributed by atoms with Gasteiger partial charge < -0.3 is 10.3 Å². The summed E-state index contributed by atoms with van der Waals surface area (Å²) in [5.74, 6) is 0.789. The Morgan fingerprint density at radius 3 is 3.00 bits per heavy atom. The van der Waals surface area contributed by atoms with Gasteiger partial charge in [-0.3, -0.25) is 0 Å². The molecule has 0 bridgehead atoms. The molecule has 0 radical (unpaired) electrons. The first-order chi connectivity index (χ1) is 5.81. The van der Waals surface area contributed by atoms with Crippen molar-refractivity contribution in [1.29, 1.82) is 0 Å². The number of para-hydroxylation sites is 1. The molecule has 0 aliphatic carbocycles. The summed E-state index contributed by atoms with van der Waals surface area (Å²) >= 11 is 3.44. The maximum absolute atomic E-state index is 4.30. The Bertz CT molecular complexity index is 408. The van der Waals surface area contributed by atoms with Crippen LogP contribution in [0.3, 0.4) is 0 Å². The zero-order valence-electron chi connectivity index (χ0n) is 6.56. The second kappa shape index (κ2) is 2.79. The molecule has 0 spiro atoms. The number of hydrogen-bond acceptors (Lipinski definition) is 2. The molecule has 0 fully saturated rings. The molecule has 0 saturated carbocycles. The molecule has 0 amide bonds. The van der Waals surface area contributed by atoms with Crippen LogP contribution in [-0.2, 0) is 0 Å². The molecule has 1 heterocycles. The monoisotopic (exact) mass is 225 g/mol. The first kappa shape index (κ1) is 7.61. The number of imidazole rings is 1. The van der Waals surface area contributed by atoms with Crippen molar-refractivity contribution in [2.24, 2.45) is 0 Å². The quantitative estimate of drug-likeness (QED) is 0.783. The summed E-state index contributed by atoms with van der Waals surface area (Å²) in [5.41, 5.74) is 2.00. The minimum Gasteiger partial charge on any atom is -0.359 e. The van der Waals surface area contributed by atoms with E-state index in [2.05, 4.69) is 31.2 Å². The van der Waals surface area contributed by atoms with E-state index in [-0.39, 0.29) is 0 Å². The molecule has 0 saturated heterocycles. The summed E-state index contributed by atoms with van der Waals surface area (Å²) in [4.78, 5) is 7.44. The van der Waals surface area contributed by atoms with Crippen molar-refractivity contribution in [2.45, 2.75) is 0 Å². The van der Waals surface area contributed by atoms with Crippen LogP contribution >= 0.6 is 15.9 Å². The van der Waals surface area contributed by atoms with E-state index in [1.165, 1.54) is 0 Å². The molecule has 2 N–H and O–H groups in total. The van der Waals surface area contributed by atoms with Crippen LogP contribution in [0.15, 0.2) is 22.7 Å². The van der Waals surface area contributed by atoms with Gasteiger partial charge in [-0.25, -0.2) is 4.98 Å². The minimum atomic E-state index is 0.789. The minimum absolute atomic E-state index is 0.789. The number of aromatic nitrogens is 2. The molecular formula is C8H8BrN3. The van der Waals surface area contributed by atoms with E-state index in [0.717, 1.165) is 21.5 Å². The van der Waals surface area contributed by atoms with Crippen molar-refractivity contribution in [3.63, 3.8) is 0 Å². The molecule has 62 valence electrons. The molecule has 0 aliphatic heterocycles. The van der Waals surface area contributed by atoms with Crippen LogP contribution in [0.1, 0.15) is 0 Å². The summed E-state index contributed by atoms with van der Waals surface area (Å²) in [7, 11) is 1.84. The molecule has 0 atom stereocenters. The molecule has 1 aromatic heterocycles. The van der Waals surface area contributed by atoms with Gasteiger partial charge >= 0.3 is 0 Å². The average Bonchev–Trinajstić information content (AvgIpc) is 2.49. The standard InChI is InChI=1S/C8H8BrN3/c1-10-8-11-6-4-2-3-5(9)7(6)12-8/h2-4H,1H3,(H2,10,11,12).